The van der Waals surface area contributed by atoms with Gasteiger partial charge in [0.15, 0.2) is 0 Å². The molecular weight excluding hydrogens is 146 g/mol. The average molecular weight is 163 g/mol. The van der Waals surface area contributed by atoms with E-state index in [4.69, 9.17) is 10.5 Å². The van der Waals surface area contributed by atoms with Crippen molar-refractivity contribution in [2.24, 2.45) is 5.73 Å². The predicted molar refractivity (Wildman–Crippen MR) is 47.2 cm³/mol. The van der Waals surface area contributed by atoms with Crippen LogP contribution >= 0.6 is 11.8 Å². The van der Waals surface area contributed by atoms with Crippen LogP contribution in [-0.4, -0.2) is 23.8 Å². The van der Waals surface area contributed by atoms with E-state index in [-0.39, 0.29) is 11.0 Å². The molecule has 0 bridgehead atoms. The van der Waals surface area contributed by atoms with E-state index in [1.165, 1.54) is 0 Å². The van der Waals surface area contributed by atoms with Crippen molar-refractivity contribution < 1.29 is 4.74 Å². The van der Waals surface area contributed by atoms with E-state index in [1.54, 1.807) is 11.8 Å². The predicted octanol–water partition coefficient (Wildman–Crippen LogP) is 1.45. The third kappa shape index (κ3) is 4.14. The summed E-state index contributed by atoms with van der Waals surface area (Å²) in [5.41, 5.74) is 5.40. The van der Waals surface area contributed by atoms with Gasteiger partial charge in [-0.3, -0.25) is 0 Å². The molecule has 0 fully saturated rings. The normalized spacial score (nSPS) is 15.3. The Bertz CT molecular complexity index is 95.6. The maximum Gasteiger partial charge on any atom is 0.108 e. The van der Waals surface area contributed by atoms with Gasteiger partial charge >= 0.3 is 0 Å². The molecule has 0 radical (unpaired) electrons. The molecule has 1 atom stereocenters. The van der Waals surface area contributed by atoms with Crippen LogP contribution < -0.4 is 5.73 Å². The number of rotatable bonds is 4. The summed E-state index contributed by atoms with van der Waals surface area (Å²) >= 11 is 1.69. The molecule has 2 nitrogen and oxygen atoms in total. The Hall–Kier alpha value is 0.270. The molecule has 0 amide bonds. The van der Waals surface area contributed by atoms with Crippen LogP contribution in [0.4, 0.5) is 0 Å². The lowest BCUT2D eigenvalue weighted by Gasteiger charge is -2.26. The summed E-state index contributed by atoms with van der Waals surface area (Å²) < 4.78 is 5.57. The van der Waals surface area contributed by atoms with Crippen molar-refractivity contribution in [3.8, 4) is 0 Å². The van der Waals surface area contributed by atoms with Crippen LogP contribution in [0, 0.1) is 0 Å². The molecule has 0 saturated heterocycles. The topological polar surface area (TPSA) is 35.2 Å². The fraction of sp³-hybridized carbons (Fsp3) is 1.00. The van der Waals surface area contributed by atoms with Crippen molar-refractivity contribution in [2.45, 2.75) is 31.8 Å². The average Bonchev–Trinajstić information content (AvgIpc) is 1.87. The van der Waals surface area contributed by atoms with Gasteiger partial charge in [-0.1, -0.05) is 0 Å². The van der Waals surface area contributed by atoms with E-state index in [2.05, 4.69) is 0 Å². The number of hydrogen-bond donors (Lipinski definition) is 1. The molecule has 1 unspecified atom stereocenters. The van der Waals surface area contributed by atoms with E-state index in [1.807, 2.05) is 27.0 Å². The molecule has 0 spiro atoms. The fourth-order valence-electron chi connectivity index (χ4n) is 0.581. The first kappa shape index (κ1) is 10.3. The summed E-state index contributed by atoms with van der Waals surface area (Å²) in [6, 6.07) is 0. The highest BCUT2D eigenvalue weighted by Crippen LogP contribution is 2.23. The Morgan fingerprint density at radius 2 is 2.10 bits per heavy atom. The SMILES string of the molecule is CSC(C)(C)OC(C)CN. The first-order chi connectivity index (χ1) is 4.52. The van der Waals surface area contributed by atoms with Gasteiger partial charge in [-0.2, -0.15) is 0 Å². The van der Waals surface area contributed by atoms with E-state index in [0.717, 1.165) is 0 Å². The van der Waals surface area contributed by atoms with E-state index >= 15 is 0 Å². The van der Waals surface area contributed by atoms with Crippen LogP contribution in [0.5, 0.6) is 0 Å². The molecule has 0 aromatic rings. The molecule has 2 N–H and O–H groups in total. The monoisotopic (exact) mass is 163 g/mol. The third-order valence-electron chi connectivity index (χ3n) is 1.31. The van der Waals surface area contributed by atoms with E-state index in [9.17, 15) is 0 Å². The molecular formula is C7H17NOS. The Morgan fingerprint density at radius 3 is 2.40 bits per heavy atom. The van der Waals surface area contributed by atoms with Crippen molar-refractivity contribution in [3.63, 3.8) is 0 Å². The zero-order valence-corrected chi connectivity index (χ0v) is 7.99. The maximum atomic E-state index is 5.57. The van der Waals surface area contributed by atoms with Crippen molar-refractivity contribution in [1.82, 2.24) is 0 Å². The summed E-state index contributed by atoms with van der Waals surface area (Å²) in [6.07, 6.45) is 2.19. The van der Waals surface area contributed by atoms with E-state index < -0.39 is 0 Å². The molecule has 0 aromatic heterocycles. The van der Waals surface area contributed by atoms with Crippen molar-refractivity contribution in [2.75, 3.05) is 12.8 Å². The van der Waals surface area contributed by atoms with Crippen LogP contribution in [0.3, 0.4) is 0 Å². The Kier molecular flexibility index (Phi) is 4.32. The number of nitrogens with two attached hydrogens (primary N) is 1. The van der Waals surface area contributed by atoms with Crippen LogP contribution in [0.2, 0.25) is 0 Å². The lowest BCUT2D eigenvalue weighted by molar-refractivity contribution is 0.00157. The van der Waals surface area contributed by atoms with Gasteiger partial charge in [0.05, 0.1) is 6.10 Å². The second kappa shape index (κ2) is 4.21. The number of ether oxygens (including phenoxy) is 1. The lowest BCUT2D eigenvalue weighted by atomic mass is 10.4. The molecule has 0 aliphatic heterocycles. The number of thioether (sulfide) groups is 1. The Balaban J connectivity index is 3.64. The van der Waals surface area contributed by atoms with Gasteiger partial charge in [0, 0.05) is 6.54 Å². The highest BCUT2D eigenvalue weighted by Gasteiger charge is 2.18. The standard InChI is InChI=1S/C7H17NOS/c1-6(5-8)9-7(2,3)10-4/h6H,5,8H2,1-4H3. The summed E-state index contributed by atoms with van der Waals surface area (Å²) in [7, 11) is 0. The zero-order valence-electron chi connectivity index (χ0n) is 7.18. The van der Waals surface area contributed by atoms with Crippen molar-refractivity contribution in [1.29, 1.82) is 0 Å². The number of hydrogen-bond acceptors (Lipinski definition) is 3. The molecule has 0 aromatic carbocycles. The first-order valence-electron chi connectivity index (χ1n) is 3.45. The molecule has 3 heteroatoms. The Labute approximate surface area is 67.5 Å². The summed E-state index contributed by atoms with van der Waals surface area (Å²) in [5, 5.41) is 0. The lowest BCUT2D eigenvalue weighted by Crippen LogP contribution is -2.30. The maximum absolute atomic E-state index is 5.57. The summed E-state index contributed by atoms with van der Waals surface area (Å²) in [5.74, 6) is 0. The van der Waals surface area contributed by atoms with Gasteiger partial charge in [-0.05, 0) is 27.0 Å². The summed E-state index contributed by atoms with van der Waals surface area (Å²) in [6.45, 7) is 6.66. The van der Waals surface area contributed by atoms with Gasteiger partial charge in [0.25, 0.3) is 0 Å². The van der Waals surface area contributed by atoms with Gasteiger partial charge in [0.1, 0.15) is 4.93 Å². The van der Waals surface area contributed by atoms with Gasteiger partial charge in [-0.25, -0.2) is 0 Å². The largest absolute Gasteiger partial charge is 0.361 e. The minimum absolute atomic E-state index is 0.0984. The molecule has 10 heavy (non-hydrogen) atoms. The van der Waals surface area contributed by atoms with Gasteiger partial charge in [0.2, 0.25) is 0 Å². The Morgan fingerprint density at radius 1 is 1.60 bits per heavy atom. The van der Waals surface area contributed by atoms with Crippen LogP contribution in [-0.2, 0) is 4.74 Å². The molecule has 0 aliphatic carbocycles. The quantitative estimate of drug-likeness (QED) is 0.637. The molecule has 0 saturated carbocycles. The summed E-state index contributed by atoms with van der Waals surface area (Å²) in [4.78, 5) is -0.0984. The second-order valence-corrected chi connectivity index (χ2v) is 4.16. The molecule has 62 valence electrons. The van der Waals surface area contributed by atoms with Crippen molar-refractivity contribution in [3.05, 3.63) is 0 Å². The fourth-order valence-corrected chi connectivity index (χ4v) is 0.841. The van der Waals surface area contributed by atoms with Gasteiger partial charge < -0.3 is 10.5 Å². The minimum Gasteiger partial charge on any atom is -0.361 e. The zero-order chi connectivity index (χ0) is 8.20. The van der Waals surface area contributed by atoms with Crippen LogP contribution in [0.1, 0.15) is 20.8 Å². The second-order valence-electron chi connectivity index (χ2n) is 2.77. The van der Waals surface area contributed by atoms with Gasteiger partial charge in [-0.15, -0.1) is 11.8 Å². The van der Waals surface area contributed by atoms with Crippen molar-refractivity contribution >= 4 is 11.8 Å². The molecule has 0 rings (SSSR count). The third-order valence-corrected chi connectivity index (χ3v) is 2.39. The highest BCUT2D eigenvalue weighted by atomic mass is 32.2. The highest BCUT2D eigenvalue weighted by molar-refractivity contribution is 7.99. The minimum atomic E-state index is -0.0984. The van der Waals surface area contributed by atoms with Crippen LogP contribution in [0.15, 0.2) is 0 Å². The smallest absolute Gasteiger partial charge is 0.108 e. The molecule has 0 aliphatic rings. The van der Waals surface area contributed by atoms with E-state index in [0.29, 0.717) is 6.54 Å². The first-order valence-corrected chi connectivity index (χ1v) is 4.67. The molecule has 0 heterocycles. The van der Waals surface area contributed by atoms with Crippen LogP contribution in [0.25, 0.3) is 0 Å².